The molecule has 2 saturated carbocycles. The molecule has 2 N–H and O–H groups in total. The largest absolute Gasteiger partial charge is 0.504 e. The molecule has 0 radical (unpaired) electrons. The molecule has 1 aromatic carbocycles. The van der Waals surface area contributed by atoms with Crippen LogP contribution >= 0.6 is 0 Å². The first kappa shape index (κ1) is 9.43. The zero-order chi connectivity index (χ0) is 23.3. The maximum absolute atomic E-state index is 12.2. The van der Waals surface area contributed by atoms with Crippen LogP contribution in [0.15, 0.2) is 24.3 Å². The highest BCUT2D eigenvalue weighted by Crippen LogP contribution is 2.66. The molecule has 0 unspecified atom stereocenters. The summed E-state index contributed by atoms with van der Waals surface area (Å²) in [6, 6.07) is 2.47. The number of aliphatic hydroxyl groups is 1. The highest BCUT2D eigenvalue weighted by Gasteiger charge is 2.71. The molecule has 3 aliphatic carbocycles. The average Bonchev–Trinajstić information content (AvgIpc) is 2.96. The molecule has 25 heavy (non-hydrogen) atoms. The Morgan fingerprint density at radius 2 is 2.28 bits per heavy atom. The van der Waals surface area contributed by atoms with E-state index >= 15 is 0 Å². The number of ether oxygens (including phenoxy) is 1. The number of phenolic OH excluding ortho intramolecular Hbond substituents is 1. The first-order valence-electron chi connectivity index (χ1n) is 12.4. The quantitative estimate of drug-likeness (QED) is 0.808. The fraction of sp³-hybridized carbons (Fsp3) is 0.619. The molecule has 4 heteroatoms. The summed E-state index contributed by atoms with van der Waals surface area (Å²) in [7, 11) is 0. The Morgan fingerprint density at radius 3 is 3.08 bits per heavy atom. The maximum Gasteiger partial charge on any atom is 0.166 e. The summed E-state index contributed by atoms with van der Waals surface area (Å²) in [5, 5.41) is 22.7. The highest BCUT2D eigenvalue weighted by molar-refractivity contribution is 5.63. The van der Waals surface area contributed by atoms with Crippen LogP contribution in [0.1, 0.15) is 52.7 Å². The van der Waals surface area contributed by atoms with E-state index in [9.17, 15) is 10.2 Å². The maximum atomic E-state index is 12.2. The molecule has 4 atom stereocenters. The van der Waals surface area contributed by atoms with Gasteiger partial charge in [-0.2, -0.15) is 0 Å². The third kappa shape index (κ3) is 1.57. The zero-order valence-electron chi connectivity index (χ0n) is 20.8. The van der Waals surface area contributed by atoms with Crippen molar-refractivity contribution >= 4 is 0 Å². The zero-order valence-corrected chi connectivity index (χ0v) is 13.8. The van der Waals surface area contributed by atoms with Crippen LogP contribution in [0.3, 0.4) is 0 Å². The van der Waals surface area contributed by atoms with E-state index in [0.717, 1.165) is 16.7 Å². The lowest BCUT2D eigenvalue weighted by Crippen LogP contribution is -2.75. The lowest BCUT2D eigenvalue weighted by Gasteiger charge is -2.63. The fourth-order valence-corrected chi connectivity index (χ4v) is 5.82. The van der Waals surface area contributed by atoms with E-state index in [1.807, 2.05) is 0 Å². The van der Waals surface area contributed by atoms with Crippen molar-refractivity contribution in [2.45, 2.75) is 61.6 Å². The normalized spacial score (nSPS) is 51.4. The van der Waals surface area contributed by atoms with E-state index in [1.54, 1.807) is 6.07 Å². The molecule has 6 rings (SSSR count). The number of hydrogen-bond donors (Lipinski definition) is 2. The van der Waals surface area contributed by atoms with Crippen molar-refractivity contribution in [2.75, 3.05) is 13.0 Å². The number of aromatic hydroxyl groups is 1. The molecule has 5 aliphatic rings. The molecular formula is C21H25NO3. The first-order chi connectivity index (χ1) is 14.7. The Morgan fingerprint density at radius 1 is 1.44 bits per heavy atom. The average molecular weight is 346 g/mol. The highest BCUT2D eigenvalue weighted by atomic mass is 16.5. The number of benzene rings is 1. The van der Waals surface area contributed by atoms with Gasteiger partial charge >= 0.3 is 0 Å². The number of rotatable bonds is 2. The second-order valence-corrected chi connectivity index (χ2v) is 7.90. The van der Waals surface area contributed by atoms with Crippen LogP contribution in [-0.4, -0.2) is 45.9 Å². The smallest absolute Gasteiger partial charge is 0.166 e. The Balaban J connectivity index is 1.54. The van der Waals surface area contributed by atoms with Crippen LogP contribution in [0.2, 0.25) is 0 Å². The Kier molecular flexibility index (Phi) is 1.66. The van der Waals surface area contributed by atoms with Gasteiger partial charge in [0.05, 0.1) is 11.0 Å². The first-order valence-corrected chi connectivity index (χ1v) is 8.89. The van der Waals surface area contributed by atoms with Gasteiger partial charge in [0, 0.05) is 27.7 Å². The van der Waals surface area contributed by atoms with Crippen molar-refractivity contribution in [1.82, 2.24) is 4.90 Å². The van der Waals surface area contributed by atoms with E-state index in [4.69, 9.17) is 14.3 Å². The van der Waals surface area contributed by atoms with E-state index in [2.05, 4.69) is 6.58 Å². The predicted octanol–water partition coefficient (Wildman–Crippen LogP) is 2.51. The van der Waals surface area contributed by atoms with Crippen molar-refractivity contribution in [2.24, 2.45) is 5.89 Å². The van der Waals surface area contributed by atoms with Gasteiger partial charge in [0.1, 0.15) is 6.10 Å². The van der Waals surface area contributed by atoms with E-state index < -0.39 is 48.3 Å². The van der Waals surface area contributed by atoms with Gasteiger partial charge in [-0.15, -0.1) is 0 Å². The molecule has 2 heterocycles. The Hall–Kier alpha value is -1.52. The van der Waals surface area contributed by atoms with Gasteiger partial charge in [-0.1, -0.05) is 12.6 Å². The molecule has 3 fully saturated rings. The van der Waals surface area contributed by atoms with Crippen molar-refractivity contribution in [3.05, 3.63) is 35.4 Å². The van der Waals surface area contributed by atoms with E-state index in [-0.39, 0.29) is 25.1 Å². The predicted molar refractivity (Wildman–Crippen MR) is 93.9 cm³/mol. The van der Waals surface area contributed by atoms with E-state index in [1.165, 1.54) is 11.0 Å². The number of likely N-dealkylation sites (tertiary alicyclic amines) is 1. The molecular weight excluding hydrogens is 314 g/mol. The molecule has 0 aromatic heterocycles. The summed E-state index contributed by atoms with van der Waals surface area (Å²) in [4.78, 5) is 1.33. The van der Waals surface area contributed by atoms with Gasteiger partial charge in [-0.25, -0.2) is 0 Å². The monoisotopic (exact) mass is 346 g/mol. The summed E-state index contributed by atoms with van der Waals surface area (Å²) in [5.41, 5.74) is -0.00899. The Labute approximate surface area is 157 Å². The van der Waals surface area contributed by atoms with E-state index in [0.29, 0.717) is 18.6 Å². The lowest BCUT2D eigenvalue weighted by atomic mass is 9.48. The van der Waals surface area contributed by atoms with Crippen LogP contribution in [0.4, 0.5) is 0 Å². The van der Waals surface area contributed by atoms with Gasteiger partial charge in [0.2, 0.25) is 0 Å². The molecule has 1 saturated heterocycles. The second-order valence-electron chi connectivity index (χ2n) is 7.90. The van der Waals surface area contributed by atoms with Gasteiger partial charge in [0.25, 0.3) is 0 Å². The summed E-state index contributed by atoms with van der Waals surface area (Å²) < 4.78 is 64.4. The fourth-order valence-electron chi connectivity index (χ4n) is 5.82. The summed E-state index contributed by atoms with van der Waals surface area (Å²) in [5.74, 6) is -2.29. The number of hydrogen-bond acceptors (Lipinski definition) is 4. The minimum atomic E-state index is -2.66. The minimum Gasteiger partial charge on any atom is -0.504 e. The van der Waals surface area contributed by atoms with Crippen molar-refractivity contribution in [3.8, 4) is 11.5 Å². The van der Waals surface area contributed by atoms with Gasteiger partial charge < -0.3 is 14.9 Å². The third-order valence-electron chi connectivity index (χ3n) is 6.92. The van der Waals surface area contributed by atoms with Crippen LogP contribution < -0.4 is 4.74 Å². The molecule has 2 bridgehead atoms. The number of piperidine rings is 1. The van der Waals surface area contributed by atoms with Gasteiger partial charge in [-0.3, -0.25) is 4.90 Å². The molecule has 4 nitrogen and oxygen atoms in total. The molecule has 1 aromatic rings. The number of nitrogens with zero attached hydrogens (tertiary/aromatic N) is 1. The third-order valence-corrected chi connectivity index (χ3v) is 6.92. The van der Waals surface area contributed by atoms with Crippen LogP contribution in [-0.2, 0) is 11.8 Å². The van der Waals surface area contributed by atoms with Crippen LogP contribution in [0.5, 0.6) is 11.5 Å². The molecule has 132 valence electrons. The van der Waals surface area contributed by atoms with Crippen LogP contribution in [0.25, 0.3) is 0 Å². The summed E-state index contributed by atoms with van der Waals surface area (Å²) in [6.45, 7) is 1.58. The summed E-state index contributed by atoms with van der Waals surface area (Å²) >= 11 is 0. The van der Waals surface area contributed by atoms with Crippen LogP contribution in [0, 0.1) is 5.89 Å². The van der Waals surface area contributed by atoms with Crippen molar-refractivity contribution in [1.29, 1.82) is 0 Å². The molecule has 0 amide bonds. The van der Waals surface area contributed by atoms with Crippen molar-refractivity contribution in [3.63, 3.8) is 0 Å². The molecule has 2 aliphatic heterocycles. The van der Waals surface area contributed by atoms with Gasteiger partial charge in [0.15, 0.2) is 11.5 Å². The van der Waals surface area contributed by atoms with Gasteiger partial charge in [-0.05, 0) is 68.1 Å². The lowest BCUT2D eigenvalue weighted by molar-refractivity contribution is -0.174. The summed E-state index contributed by atoms with van der Waals surface area (Å²) in [6.07, 6.45) is -4.65. The topological polar surface area (TPSA) is 52.9 Å². The second kappa shape index (κ2) is 4.41. The minimum absolute atomic E-state index is 0.0108. The standard InChI is InChI=1S/C21H25NO3/c1-12-6-7-21(24)16-10-14-4-5-15(23)18-17(14)20(21,19(12)25-18)8-9-22(16)11-13-2-3-13/h4-5,13,16,19,23-24H,1-3,6-11H2/t16-,19+,20+,21-/m1/s1/i2D2,3D2,11D2,13D. The molecule has 1 spiro atoms. The number of phenols is 1. The van der Waals surface area contributed by atoms with Crippen molar-refractivity contribution < 1.29 is 24.5 Å². The SMILES string of the molecule is [2H]C([2H])(N1CC[C@]23c4c5ccc(O)c4O[C@H]2C(=C)CC[C@@]3(O)[C@H]1C5)C1([2H])C([2H])([2H])C1([2H])[2H]. The Bertz CT molecular complexity index is 1080.